The van der Waals surface area contributed by atoms with E-state index in [9.17, 15) is 0 Å². The number of guanidine groups is 1. The molecule has 1 atom stereocenters. The first kappa shape index (κ1) is 16.6. The minimum atomic E-state index is 0.629. The lowest BCUT2D eigenvalue weighted by atomic mass is 10.1. The highest BCUT2D eigenvalue weighted by atomic mass is 15.2. The zero-order chi connectivity index (χ0) is 15.1. The third-order valence-corrected chi connectivity index (χ3v) is 4.70. The van der Waals surface area contributed by atoms with Gasteiger partial charge in [0.15, 0.2) is 5.96 Å². The van der Waals surface area contributed by atoms with Gasteiger partial charge in [-0.25, -0.2) is 0 Å². The summed E-state index contributed by atoms with van der Waals surface area (Å²) >= 11 is 0. The summed E-state index contributed by atoms with van der Waals surface area (Å²) in [6.45, 7) is 9.32. The van der Waals surface area contributed by atoms with Crippen molar-refractivity contribution in [2.45, 2.75) is 38.6 Å². The maximum atomic E-state index is 4.35. The molecule has 0 spiro atoms. The van der Waals surface area contributed by atoms with Crippen LogP contribution in [0, 0.1) is 5.92 Å². The Morgan fingerprint density at radius 3 is 2.48 bits per heavy atom. The van der Waals surface area contributed by atoms with Crippen molar-refractivity contribution in [1.82, 2.24) is 20.4 Å². The summed E-state index contributed by atoms with van der Waals surface area (Å²) in [7, 11) is 4.08. The molecule has 0 amide bonds. The summed E-state index contributed by atoms with van der Waals surface area (Å²) < 4.78 is 0. The van der Waals surface area contributed by atoms with Crippen LogP contribution in [0.1, 0.15) is 32.6 Å². The number of likely N-dealkylation sites (N-methyl/N-ethyl adjacent to an activating group) is 1. The van der Waals surface area contributed by atoms with Gasteiger partial charge in [-0.2, -0.15) is 0 Å². The molecule has 0 radical (unpaired) electrons. The van der Waals surface area contributed by atoms with Gasteiger partial charge in [0.2, 0.25) is 0 Å². The van der Waals surface area contributed by atoms with E-state index in [1.165, 1.54) is 58.4 Å². The fourth-order valence-electron chi connectivity index (χ4n) is 3.26. The second kappa shape index (κ2) is 8.59. The van der Waals surface area contributed by atoms with E-state index in [1.807, 2.05) is 7.05 Å². The van der Waals surface area contributed by atoms with Crippen LogP contribution in [0.5, 0.6) is 0 Å². The highest BCUT2D eigenvalue weighted by molar-refractivity contribution is 5.79. The van der Waals surface area contributed by atoms with Gasteiger partial charge in [0.05, 0.1) is 0 Å². The Labute approximate surface area is 130 Å². The van der Waals surface area contributed by atoms with Crippen molar-refractivity contribution in [3.05, 3.63) is 0 Å². The summed E-state index contributed by atoms with van der Waals surface area (Å²) in [6, 6.07) is 0.629. The summed E-state index contributed by atoms with van der Waals surface area (Å²) in [5.41, 5.74) is 0. The topological polar surface area (TPSA) is 42.9 Å². The number of hydrogen-bond donors (Lipinski definition) is 2. The van der Waals surface area contributed by atoms with Crippen LogP contribution in [0.25, 0.3) is 0 Å². The van der Waals surface area contributed by atoms with E-state index < -0.39 is 0 Å². The molecule has 122 valence electrons. The lowest BCUT2D eigenvalue weighted by Gasteiger charge is -2.34. The van der Waals surface area contributed by atoms with Crippen LogP contribution in [0.4, 0.5) is 0 Å². The first-order chi connectivity index (χ1) is 10.2. The Bertz CT molecular complexity index is 317. The second-order valence-electron chi connectivity index (χ2n) is 6.79. The van der Waals surface area contributed by atoms with E-state index in [4.69, 9.17) is 0 Å². The monoisotopic (exact) mass is 295 g/mol. The normalized spacial score (nSPS) is 24.2. The molecule has 1 aliphatic carbocycles. The molecule has 1 aliphatic heterocycles. The third kappa shape index (κ3) is 5.83. The van der Waals surface area contributed by atoms with Crippen molar-refractivity contribution in [2.24, 2.45) is 10.9 Å². The molecule has 5 heteroatoms. The van der Waals surface area contributed by atoms with Gasteiger partial charge in [0.1, 0.15) is 0 Å². The zero-order valence-corrected chi connectivity index (χ0v) is 14.1. The molecule has 2 aliphatic rings. The van der Waals surface area contributed by atoms with E-state index in [2.05, 4.69) is 39.4 Å². The Morgan fingerprint density at radius 1 is 1.19 bits per heavy atom. The van der Waals surface area contributed by atoms with Crippen LogP contribution in [-0.4, -0.2) is 75.2 Å². The SMILES string of the molecule is CN=C(NCC(C)CN1CCN(C)CC1)NC1CCCC1. The van der Waals surface area contributed by atoms with E-state index in [0.29, 0.717) is 12.0 Å². The predicted octanol–water partition coefficient (Wildman–Crippen LogP) is 0.978. The van der Waals surface area contributed by atoms with Gasteiger partial charge >= 0.3 is 0 Å². The predicted molar refractivity (Wildman–Crippen MR) is 89.9 cm³/mol. The second-order valence-corrected chi connectivity index (χ2v) is 6.79. The van der Waals surface area contributed by atoms with Gasteiger partial charge in [0, 0.05) is 52.4 Å². The van der Waals surface area contributed by atoms with Gasteiger partial charge in [-0.3, -0.25) is 4.99 Å². The number of nitrogens with one attached hydrogen (secondary N) is 2. The average molecular weight is 295 g/mol. The van der Waals surface area contributed by atoms with Crippen LogP contribution >= 0.6 is 0 Å². The van der Waals surface area contributed by atoms with Gasteiger partial charge in [0.25, 0.3) is 0 Å². The Balaban J connectivity index is 1.63. The molecule has 1 heterocycles. The molecular formula is C16H33N5. The number of piperazine rings is 1. The summed E-state index contributed by atoms with van der Waals surface area (Å²) in [5, 5.41) is 7.05. The Kier molecular flexibility index (Phi) is 6.77. The quantitative estimate of drug-likeness (QED) is 0.586. The highest BCUT2D eigenvalue weighted by Crippen LogP contribution is 2.17. The van der Waals surface area contributed by atoms with Crippen molar-refractivity contribution < 1.29 is 0 Å². The van der Waals surface area contributed by atoms with Crippen molar-refractivity contribution in [1.29, 1.82) is 0 Å². The molecule has 0 aromatic heterocycles. The molecule has 1 saturated carbocycles. The van der Waals surface area contributed by atoms with E-state index in [0.717, 1.165) is 12.5 Å². The van der Waals surface area contributed by atoms with Crippen LogP contribution in [0.3, 0.4) is 0 Å². The molecule has 2 N–H and O–H groups in total. The Morgan fingerprint density at radius 2 is 1.86 bits per heavy atom. The van der Waals surface area contributed by atoms with Crippen molar-refractivity contribution in [3.8, 4) is 0 Å². The minimum Gasteiger partial charge on any atom is -0.356 e. The maximum Gasteiger partial charge on any atom is 0.191 e. The van der Waals surface area contributed by atoms with Crippen molar-refractivity contribution in [2.75, 3.05) is 53.4 Å². The van der Waals surface area contributed by atoms with Gasteiger partial charge in [-0.15, -0.1) is 0 Å². The van der Waals surface area contributed by atoms with Crippen LogP contribution in [-0.2, 0) is 0 Å². The van der Waals surface area contributed by atoms with Gasteiger partial charge in [-0.05, 0) is 25.8 Å². The largest absolute Gasteiger partial charge is 0.356 e. The standard InChI is InChI=1S/C16H33N5/c1-14(13-21-10-8-20(3)9-11-21)12-18-16(17-2)19-15-6-4-5-7-15/h14-15H,4-13H2,1-3H3,(H2,17,18,19). The maximum absolute atomic E-state index is 4.35. The molecule has 21 heavy (non-hydrogen) atoms. The molecule has 1 saturated heterocycles. The molecule has 2 rings (SSSR count). The summed E-state index contributed by atoms with van der Waals surface area (Å²) in [4.78, 5) is 9.35. The molecule has 0 aromatic carbocycles. The molecule has 2 fully saturated rings. The fraction of sp³-hybridized carbons (Fsp3) is 0.938. The van der Waals surface area contributed by atoms with Crippen LogP contribution in [0.2, 0.25) is 0 Å². The van der Waals surface area contributed by atoms with Crippen LogP contribution < -0.4 is 10.6 Å². The lowest BCUT2D eigenvalue weighted by molar-refractivity contribution is 0.139. The number of nitrogens with zero attached hydrogens (tertiary/aromatic N) is 3. The molecule has 1 unspecified atom stereocenters. The summed E-state index contributed by atoms with van der Waals surface area (Å²) in [6.07, 6.45) is 5.29. The van der Waals surface area contributed by atoms with Crippen molar-refractivity contribution >= 4 is 5.96 Å². The first-order valence-corrected chi connectivity index (χ1v) is 8.55. The van der Waals surface area contributed by atoms with Crippen LogP contribution in [0.15, 0.2) is 4.99 Å². The third-order valence-electron chi connectivity index (χ3n) is 4.70. The number of hydrogen-bond acceptors (Lipinski definition) is 3. The average Bonchev–Trinajstić information content (AvgIpc) is 2.99. The van der Waals surface area contributed by atoms with E-state index in [1.54, 1.807) is 0 Å². The fourth-order valence-corrected chi connectivity index (χ4v) is 3.26. The van der Waals surface area contributed by atoms with Crippen molar-refractivity contribution in [3.63, 3.8) is 0 Å². The first-order valence-electron chi connectivity index (χ1n) is 8.55. The highest BCUT2D eigenvalue weighted by Gasteiger charge is 2.18. The molecule has 0 aromatic rings. The molecular weight excluding hydrogens is 262 g/mol. The smallest absolute Gasteiger partial charge is 0.191 e. The van der Waals surface area contributed by atoms with Gasteiger partial charge < -0.3 is 20.4 Å². The lowest BCUT2D eigenvalue weighted by Crippen LogP contribution is -2.48. The van der Waals surface area contributed by atoms with Gasteiger partial charge in [-0.1, -0.05) is 19.8 Å². The summed E-state index contributed by atoms with van der Waals surface area (Å²) in [5.74, 6) is 1.63. The molecule has 5 nitrogen and oxygen atoms in total. The number of aliphatic imine (C=N–C) groups is 1. The number of rotatable bonds is 5. The molecule has 0 bridgehead atoms. The van der Waals surface area contributed by atoms with E-state index >= 15 is 0 Å². The van der Waals surface area contributed by atoms with E-state index in [-0.39, 0.29) is 0 Å². The minimum absolute atomic E-state index is 0.629. The Hall–Kier alpha value is -0.810. The zero-order valence-electron chi connectivity index (χ0n) is 14.1.